The smallest absolute Gasteiger partial charge is 0.220 e. The first-order valence-corrected chi connectivity index (χ1v) is 8.14. The lowest BCUT2D eigenvalue weighted by Crippen LogP contribution is -2.20. The molecule has 0 radical (unpaired) electrons. The van der Waals surface area contributed by atoms with Crippen molar-refractivity contribution in [3.63, 3.8) is 0 Å². The molecule has 0 saturated heterocycles. The average Bonchev–Trinajstić information content (AvgIpc) is 2.66. The molecule has 0 fully saturated rings. The van der Waals surface area contributed by atoms with E-state index in [9.17, 15) is 19.8 Å². The molecule has 2 atom stereocenters. The molecule has 0 heterocycles. The second-order valence-electron chi connectivity index (χ2n) is 5.85. The summed E-state index contributed by atoms with van der Waals surface area (Å²) in [5, 5.41) is 19.5. The van der Waals surface area contributed by atoms with E-state index in [0.29, 0.717) is 11.1 Å². The van der Waals surface area contributed by atoms with E-state index in [-0.39, 0.29) is 48.1 Å². The summed E-state index contributed by atoms with van der Waals surface area (Å²) >= 11 is 0. The molecule has 6 heteroatoms. The molecule has 2 aliphatic carbocycles. The van der Waals surface area contributed by atoms with Crippen LogP contribution in [0.2, 0.25) is 0 Å². The van der Waals surface area contributed by atoms with Crippen molar-refractivity contribution < 1.29 is 29.3 Å². The van der Waals surface area contributed by atoms with Crippen LogP contribution in [0.4, 0.5) is 0 Å². The molecular weight excluding hydrogens is 336 g/mol. The molecule has 2 aliphatic rings. The maximum atomic E-state index is 11.6. The van der Waals surface area contributed by atoms with Gasteiger partial charge in [0.1, 0.15) is 0 Å². The number of hydrogen-bond acceptors (Lipinski definition) is 6. The lowest BCUT2D eigenvalue weighted by molar-refractivity contribution is -0.114. The van der Waals surface area contributed by atoms with Gasteiger partial charge >= 0.3 is 0 Å². The van der Waals surface area contributed by atoms with E-state index in [0.717, 1.165) is 0 Å². The van der Waals surface area contributed by atoms with Crippen LogP contribution in [0, 0.1) is 11.8 Å². The summed E-state index contributed by atoms with van der Waals surface area (Å²) in [5.41, 5.74) is 1.42. The Hall–Kier alpha value is -2.70. The molecular formula is C20H22O6. The monoisotopic (exact) mass is 358 g/mol. The van der Waals surface area contributed by atoms with Gasteiger partial charge < -0.3 is 19.7 Å². The molecule has 0 spiro atoms. The van der Waals surface area contributed by atoms with Crippen molar-refractivity contribution >= 4 is 11.6 Å². The Balaban J connectivity index is 2.27. The van der Waals surface area contributed by atoms with E-state index in [1.54, 1.807) is 36.5 Å². The molecule has 2 unspecified atom stereocenters. The number of aliphatic hydroxyl groups is 2. The maximum absolute atomic E-state index is 11.6. The van der Waals surface area contributed by atoms with Crippen LogP contribution in [0.1, 0.15) is 0 Å². The van der Waals surface area contributed by atoms with Crippen LogP contribution < -0.4 is 0 Å². The predicted octanol–water partition coefficient (Wildman–Crippen LogP) is 1.39. The Morgan fingerprint density at radius 2 is 1.19 bits per heavy atom. The van der Waals surface area contributed by atoms with Gasteiger partial charge in [0.2, 0.25) is 11.6 Å². The Labute approximate surface area is 152 Å². The van der Waals surface area contributed by atoms with Crippen molar-refractivity contribution in [1.29, 1.82) is 0 Å². The van der Waals surface area contributed by atoms with Crippen LogP contribution in [-0.4, -0.2) is 49.2 Å². The van der Waals surface area contributed by atoms with Gasteiger partial charge in [-0.2, -0.15) is 0 Å². The number of hydrogen-bond donors (Lipinski definition) is 2. The summed E-state index contributed by atoms with van der Waals surface area (Å²) in [5.74, 6) is -0.785. The van der Waals surface area contributed by atoms with Gasteiger partial charge in [0, 0.05) is 11.8 Å². The molecule has 2 N–H and O–H groups in total. The first-order chi connectivity index (χ1) is 12.5. The normalized spacial score (nSPS) is 22.3. The molecule has 2 rings (SSSR count). The van der Waals surface area contributed by atoms with Gasteiger partial charge in [-0.1, -0.05) is 24.3 Å². The van der Waals surface area contributed by atoms with Crippen molar-refractivity contribution in [3.8, 4) is 0 Å². The van der Waals surface area contributed by atoms with E-state index in [4.69, 9.17) is 9.47 Å². The second-order valence-corrected chi connectivity index (χ2v) is 5.85. The quantitative estimate of drug-likeness (QED) is 0.714. The first kappa shape index (κ1) is 19.6. The van der Waals surface area contributed by atoms with Crippen LogP contribution in [0.25, 0.3) is 0 Å². The highest BCUT2D eigenvalue weighted by Crippen LogP contribution is 2.24. The molecule has 0 aromatic rings. The molecule has 0 amide bonds. The van der Waals surface area contributed by atoms with Crippen LogP contribution >= 0.6 is 0 Å². The minimum atomic E-state index is -0.389. The van der Waals surface area contributed by atoms with E-state index >= 15 is 0 Å². The highest BCUT2D eigenvalue weighted by Gasteiger charge is 2.20. The molecule has 0 aromatic heterocycles. The Kier molecular flexibility index (Phi) is 6.89. The van der Waals surface area contributed by atoms with E-state index in [1.165, 1.54) is 26.4 Å². The van der Waals surface area contributed by atoms with Crippen molar-refractivity contribution in [2.75, 3.05) is 27.4 Å². The summed E-state index contributed by atoms with van der Waals surface area (Å²) in [7, 11) is 2.84. The number of carbonyl (C=O) groups excluding carboxylic acids is 2. The summed E-state index contributed by atoms with van der Waals surface area (Å²) < 4.78 is 10.0. The lowest BCUT2D eigenvalue weighted by atomic mass is 9.88. The zero-order valence-corrected chi connectivity index (χ0v) is 14.7. The number of aliphatic hydroxyl groups excluding tert-OH is 2. The Morgan fingerprint density at radius 1 is 0.808 bits per heavy atom. The standard InChI is InChI=1S/C20H22O6/c1-25-19-9-13(3-5-17(19)23)7-15(11-21)16(12-22)8-14-4-6-18(24)20(10-14)26-2/h3-10,15-16,21-22H,11-12H2,1-2H3/b13-7-,14-8-. The molecule has 0 aliphatic heterocycles. The predicted molar refractivity (Wildman–Crippen MR) is 95.8 cm³/mol. The van der Waals surface area contributed by atoms with E-state index in [1.807, 2.05) is 0 Å². The minimum absolute atomic E-state index is 0.195. The largest absolute Gasteiger partial charge is 0.493 e. The van der Waals surface area contributed by atoms with Gasteiger partial charge in [-0.25, -0.2) is 0 Å². The van der Waals surface area contributed by atoms with Crippen molar-refractivity contribution in [3.05, 3.63) is 71.3 Å². The van der Waals surface area contributed by atoms with Gasteiger partial charge in [-0.3, -0.25) is 9.59 Å². The molecule has 26 heavy (non-hydrogen) atoms. The highest BCUT2D eigenvalue weighted by molar-refractivity contribution is 6.05. The third kappa shape index (κ3) is 4.68. The first-order valence-electron chi connectivity index (χ1n) is 8.14. The Bertz CT molecular complexity index is 684. The van der Waals surface area contributed by atoms with Crippen molar-refractivity contribution in [2.24, 2.45) is 11.8 Å². The number of allylic oxidation sites excluding steroid dienone is 8. The highest BCUT2D eigenvalue weighted by atomic mass is 16.5. The van der Waals surface area contributed by atoms with Crippen LogP contribution in [0.15, 0.2) is 71.3 Å². The summed E-state index contributed by atoms with van der Waals surface area (Å²) in [6.45, 7) is -0.389. The van der Waals surface area contributed by atoms with Gasteiger partial charge in [0.15, 0.2) is 11.5 Å². The van der Waals surface area contributed by atoms with Crippen LogP contribution in [0.5, 0.6) is 0 Å². The second kappa shape index (κ2) is 9.12. The molecule has 138 valence electrons. The topological polar surface area (TPSA) is 93.1 Å². The maximum Gasteiger partial charge on any atom is 0.220 e. The summed E-state index contributed by atoms with van der Waals surface area (Å²) in [6.07, 6.45) is 12.8. The van der Waals surface area contributed by atoms with Gasteiger partial charge in [0.25, 0.3) is 0 Å². The fraction of sp³-hybridized carbons (Fsp3) is 0.300. The fourth-order valence-corrected chi connectivity index (χ4v) is 2.69. The number of ketones is 2. The van der Waals surface area contributed by atoms with Gasteiger partial charge in [0.05, 0.1) is 27.4 Å². The van der Waals surface area contributed by atoms with Gasteiger partial charge in [-0.15, -0.1) is 0 Å². The van der Waals surface area contributed by atoms with Crippen LogP contribution in [0.3, 0.4) is 0 Å². The lowest BCUT2D eigenvalue weighted by Gasteiger charge is -2.20. The zero-order valence-electron chi connectivity index (χ0n) is 14.7. The van der Waals surface area contributed by atoms with Crippen LogP contribution in [-0.2, 0) is 19.1 Å². The van der Waals surface area contributed by atoms with E-state index < -0.39 is 0 Å². The van der Waals surface area contributed by atoms with E-state index in [2.05, 4.69) is 0 Å². The SMILES string of the molecule is COC1=C/C(=C\C(CO)C(/C=C2/C=CC(=O)C(OC)=C2)CO)C=CC1=O. The van der Waals surface area contributed by atoms with Crippen molar-refractivity contribution in [2.45, 2.75) is 0 Å². The number of ether oxygens (including phenoxy) is 2. The molecule has 0 bridgehead atoms. The zero-order chi connectivity index (χ0) is 19.1. The van der Waals surface area contributed by atoms with Gasteiger partial charge in [-0.05, 0) is 35.5 Å². The third-order valence-electron chi connectivity index (χ3n) is 4.16. The molecule has 0 aromatic carbocycles. The fourth-order valence-electron chi connectivity index (χ4n) is 2.69. The summed E-state index contributed by atoms with van der Waals surface area (Å²) in [4.78, 5) is 23.2. The number of carbonyl (C=O) groups is 2. The Morgan fingerprint density at radius 3 is 1.50 bits per heavy atom. The number of rotatable bonds is 7. The van der Waals surface area contributed by atoms with Crippen molar-refractivity contribution in [1.82, 2.24) is 0 Å². The third-order valence-corrected chi connectivity index (χ3v) is 4.16. The average molecular weight is 358 g/mol. The minimum Gasteiger partial charge on any atom is -0.493 e. The molecule has 0 saturated carbocycles. The number of methoxy groups -OCH3 is 2. The summed E-state index contributed by atoms with van der Waals surface area (Å²) in [6, 6.07) is 0. The molecule has 6 nitrogen and oxygen atoms in total.